The first-order valence-corrected chi connectivity index (χ1v) is 8.57. The van der Waals surface area contributed by atoms with Crippen LogP contribution in [0.5, 0.6) is 0 Å². The van der Waals surface area contributed by atoms with Gasteiger partial charge < -0.3 is 9.84 Å². The molecule has 0 bridgehead atoms. The molecule has 0 amide bonds. The highest BCUT2D eigenvalue weighted by molar-refractivity contribution is 7.98. The van der Waals surface area contributed by atoms with Crippen molar-refractivity contribution < 1.29 is 4.52 Å². The van der Waals surface area contributed by atoms with Crippen LogP contribution in [0, 0.1) is 5.92 Å². The number of hydrogen-bond donors (Lipinski definition) is 1. The van der Waals surface area contributed by atoms with E-state index in [-0.39, 0.29) is 0 Å². The zero-order valence-electron chi connectivity index (χ0n) is 11.7. The molecule has 1 N–H and O–H groups in total. The lowest BCUT2D eigenvalue weighted by molar-refractivity contribution is 0.315. The maximum atomic E-state index is 6.13. The fraction of sp³-hybridized carbons (Fsp3) is 0.467. The number of hydrogen-bond acceptors (Lipinski definition) is 5. The van der Waals surface area contributed by atoms with Crippen LogP contribution in [0.1, 0.15) is 24.6 Å². The van der Waals surface area contributed by atoms with Crippen molar-refractivity contribution in [2.75, 3.05) is 13.1 Å². The molecule has 6 heteroatoms. The van der Waals surface area contributed by atoms with Crippen molar-refractivity contribution >= 4 is 23.4 Å². The maximum Gasteiger partial charge on any atom is 0.226 e. The Morgan fingerprint density at radius 3 is 3.10 bits per heavy atom. The minimum atomic E-state index is 0.614. The van der Waals surface area contributed by atoms with Crippen LogP contribution >= 0.6 is 23.4 Å². The first-order chi connectivity index (χ1) is 10.3. The number of piperidine rings is 1. The lowest BCUT2D eigenvalue weighted by atomic mass is 9.96. The summed E-state index contributed by atoms with van der Waals surface area (Å²) in [4.78, 5) is 5.52. The van der Waals surface area contributed by atoms with Gasteiger partial charge in [-0.25, -0.2) is 0 Å². The van der Waals surface area contributed by atoms with Crippen LogP contribution in [0.15, 0.2) is 33.7 Å². The lowest BCUT2D eigenvalue weighted by Gasteiger charge is -2.20. The molecule has 1 aliphatic heterocycles. The summed E-state index contributed by atoms with van der Waals surface area (Å²) in [6, 6.07) is 7.80. The van der Waals surface area contributed by atoms with Crippen LogP contribution in [0.2, 0.25) is 5.02 Å². The first kappa shape index (κ1) is 14.9. The normalized spacial score (nSPS) is 18.8. The fourth-order valence-corrected chi connectivity index (χ4v) is 3.56. The van der Waals surface area contributed by atoms with Crippen molar-refractivity contribution in [2.24, 2.45) is 5.92 Å². The van der Waals surface area contributed by atoms with E-state index in [0.29, 0.717) is 11.7 Å². The summed E-state index contributed by atoms with van der Waals surface area (Å²) in [5, 5.41) is 8.23. The van der Waals surface area contributed by atoms with Gasteiger partial charge in [0, 0.05) is 11.3 Å². The molecule has 0 spiro atoms. The SMILES string of the molecule is Clc1ccccc1SCc1noc(CC2CCCNC2)n1. The Kier molecular flexibility index (Phi) is 5.17. The van der Waals surface area contributed by atoms with Crippen LogP contribution in [0.25, 0.3) is 0 Å². The molecule has 2 aromatic rings. The summed E-state index contributed by atoms with van der Waals surface area (Å²) in [6.45, 7) is 2.17. The Bertz CT molecular complexity index is 584. The van der Waals surface area contributed by atoms with E-state index in [1.807, 2.05) is 24.3 Å². The van der Waals surface area contributed by atoms with E-state index in [0.717, 1.165) is 41.1 Å². The van der Waals surface area contributed by atoms with E-state index in [1.54, 1.807) is 11.8 Å². The lowest BCUT2D eigenvalue weighted by Crippen LogP contribution is -2.30. The van der Waals surface area contributed by atoms with Gasteiger partial charge in [0.25, 0.3) is 0 Å². The van der Waals surface area contributed by atoms with Gasteiger partial charge in [-0.3, -0.25) is 0 Å². The predicted molar refractivity (Wildman–Crippen MR) is 84.6 cm³/mol. The van der Waals surface area contributed by atoms with E-state index in [4.69, 9.17) is 16.1 Å². The minimum absolute atomic E-state index is 0.614. The van der Waals surface area contributed by atoms with Crippen LogP contribution in [-0.2, 0) is 12.2 Å². The third kappa shape index (κ3) is 4.22. The van der Waals surface area contributed by atoms with Crippen LogP contribution in [0.4, 0.5) is 0 Å². The van der Waals surface area contributed by atoms with Crippen LogP contribution in [0.3, 0.4) is 0 Å². The summed E-state index contributed by atoms with van der Waals surface area (Å²) in [5.74, 6) is 2.77. The number of benzene rings is 1. The molecule has 0 aliphatic carbocycles. The van der Waals surface area contributed by atoms with Crippen molar-refractivity contribution in [3.8, 4) is 0 Å². The molecule has 0 saturated carbocycles. The first-order valence-electron chi connectivity index (χ1n) is 7.21. The number of nitrogens with zero attached hydrogens (tertiary/aromatic N) is 2. The highest BCUT2D eigenvalue weighted by atomic mass is 35.5. The zero-order chi connectivity index (χ0) is 14.5. The number of rotatable bonds is 5. The Balaban J connectivity index is 1.54. The van der Waals surface area contributed by atoms with Gasteiger partial charge in [0.15, 0.2) is 5.82 Å². The molecular weight excluding hydrogens is 306 g/mol. The second-order valence-electron chi connectivity index (χ2n) is 5.24. The van der Waals surface area contributed by atoms with Crippen LogP contribution < -0.4 is 5.32 Å². The van der Waals surface area contributed by atoms with Crippen molar-refractivity contribution in [1.29, 1.82) is 0 Å². The molecular formula is C15H18ClN3OS. The average molecular weight is 324 g/mol. The highest BCUT2D eigenvalue weighted by Crippen LogP contribution is 2.28. The number of nitrogens with one attached hydrogen (secondary N) is 1. The maximum absolute atomic E-state index is 6.13. The van der Waals surface area contributed by atoms with Crippen molar-refractivity contribution in [3.63, 3.8) is 0 Å². The second kappa shape index (κ2) is 7.29. The van der Waals surface area contributed by atoms with Gasteiger partial charge in [-0.15, -0.1) is 11.8 Å². The largest absolute Gasteiger partial charge is 0.339 e. The molecule has 3 rings (SSSR count). The molecule has 2 heterocycles. The minimum Gasteiger partial charge on any atom is -0.339 e. The van der Waals surface area contributed by atoms with Gasteiger partial charge in [-0.1, -0.05) is 28.9 Å². The van der Waals surface area contributed by atoms with E-state index in [2.05, 4.69) is 15.5 Å². The molecule has 1 atom stereocenters. The van der Waals surface area contributed by atoms with Crippen molar-refractivity contribution in [1.82, 2.24) is 15.5 Å². The quantitative estimate of drug-likeness (QED) is 0.853. The summed E-state index contributed by atoms with van der Waals surface area (Å²) in [5.41, 5.74) is 0. The van der Waals surface area contributed by atoms with Gasteiger partial charge in [-0.2, -0.15) is 4.98 Å². The molecule has 21 heavy (non-hydrogen) atoms. The number of thioether (sulfide) groups is 1. The molecule has 1 unspecified atom stereocenters. The molecule has 112 valence electrons. The molecule has 1 fully saturated rings. The summed E-state index contributed by atoms with van der Waals surface area (Å²) in [6.07, 6.45) is 3.34. The van der Waals surface area contributed by atoms with E-state index in [1.165, 1.54) is 12.8 Å². The van der Waals surface area contributed by atoms with E-state index >= 15 is 0 Å². The summed E-state index contributed by atoms with van der Waals surface area (Å²) < 4.78 is 5.35. The van der Waals surface area contributed by atoms with Crippen LogP contribution in [-0.4, -0.2) is 23.2 Å². The van der Waals surface area contributed by atoms with Gasteiger partial charge in [-0.05, 0) is 44.0 Å². The standard InChI is InChI=1S/C15H18ClN3OS/c16-12-5-1-2-6-13(12)21-10-14-18-15(20-19-14)8-11-4-3-7-17-9-11/h1-2,5-6,11,17H,3-4,7-10H2. The molecule has 0 radical (unpaired) electrons. The molecule has 1 aliphatic rings. The highest BCUT2D eigenvalue weighted by Gasteiger charge is 2.17. The third-order valence-electron chi connectivity index (χ3n) is 3.57. The molecule has 1 aromatic heterocycles. The van der Waals surface area contributed by atoms with Gasteiger partial charge in [0.1, 0.15) is 0 Å². The second-order valence-corrected chi connectivity index (χ2v) is 6.66. The summed E-state index contributed by atoms with van der Waals surface area (Å²) in [7, 11) is 0. The van der Waals surface area contributed by atoms with Gasteiger partial charge in [0.2, 0.25) is 5.89 Å². The monoisotopic (exact) mass is 323 g/mol. The van der Waals surface area contributed by atoms with Gasteiger partial charge >= 0.3 is 0 Å². The molecule has 1 saturated heterocycles. The molecule has 1 aromatic carbocycles. The Morgan fingerprint density at radius 2 is 2.29 bits per heavy atom. The number of halogens is 1. The predicted octanol–water partition coefficient (Wildman–Crippen LogP) is 3.56. The smallest absolute Gasteiger partial charge is 0.226 e. The average Bonchev–Trinajstić information content (AvgIpc) is 2.95. The van der Waals surface area contributed by atoms with E-state index in [9.17, 15) is 0 Å². The topological polar surface area (TPSA) is 51.0 Å². The van der Waals surface area contributed by atoms with E-state index < -0.39 is 0 Å². The Morgan fingerprint density at radius 1 is 1.38 bits per heavy atom. The Labute approximate surface area is 133 Å². The third-order valence-corrected chi connectivity index (χ3v) is 5.08. The van der Waals surface area contributed by atoms with Crippen molar-refractivity contribution in [3.05, 3.63) is 41.0 Å². The number of aromatic nitrogens is 2. The Hall–Kier alpha value is -1.04. The zero-order valence-corrected chi connectivity index (χ0v) is 13.3. The van der Waals surface area contributed by atoms with Crippen molar-refractivity contribution in [2.45, 2.75) is 29.9 Å². The van der Waals surface area contributed by atoms with Gasteiger partial charge in [0.05, 0.1) is 10.8 Å². The summed E-state index contributed by atoms with van der Waals surface area (Å²) >= 11 is 7.76. The molecule has 4 nitrogen and oxygen atoms in total. The fourth-order valence-electron chi connectivity index (χ4n) is 2.48.